The van der Waals surface area contributed by atoms with Crippen LogP contribution >= 0.6 is 0 Å². The van der Waals surface area contributed by atoms with Crippen LogP contribution in [0.15, 0.2) is 42.5 Å². The molecule has 0 aromatic heterocycles. The maximum Gasteiger partial charge on any atom is 0.260 e. The van der Waals surface area contributed by atoms with Gasteiger partial charge in [0, 0.05) is 38.8 Å². The summed E-state index contributed by atoms with van der Waals surface area (Å²) in [5.41, 5.74) is 4.39. The van der Waals surface area contributed by atoms with Gasteiger partial charge >= 0.3 is 0 Å². The number of hydrogen-bond acceptors (Lipinski definition) is 4. The lowest BCUT2D eigenvalue weighted by Gasteiger charge is -2.37. The molecule has 0 unspecified atom stereocenters. The lowest BCUT2D eigenvalue weighted by molar-refractivity contribution is -0.133. The second-order valence-electron chi connectivity index (χ2n) is 7.05. The van der Waals surface area contributed by atoms with E-state index in [1.807, 2.05) is 17.0 Å². The van der Waals surface area contributed by atoms with Gasteiger partial charge in [0.1, 0.15) is 5.75 Å². The Hall–Kier alpha value is -3.02. The van der Waals surface area contributed by atoms with Crippen molar-refractivity contribution in [3.05, 3.63) is 53.6 Å². The Morgan fingerprint density at radius 3 is 2.43 bits per heavy atom. The molecule has 1 saturated heterocycles. The van der Waals surface area contributed by atoms with Gasteiger partial charge in [-0.25, -0.2) is 0 Å². The number of benzene rings is 2. The molecule has 0 saturated carbocycles. The Kier molecular flexibility index (Phi) is 6.19. The zero-order chi connectivity index (χ0) is 20.1. The molecule has 0 bridgehead atoms. The third-order valence-electron chi connectivity index (χ3n) is 5.10. The fourth-order valence-corrected chi connectivity index (χ4v) is 3.39. The molecule has 2 amide bonds. The van der Waals surface area contributed by atoms with Gasteiger partial charge in [0.2, 0.25) is 5.91 Å². The lowest BCUT2D eigenvalue weighted by Crippen LogP contribution is -2.50. The summed E-state index contributed by atoms with van der Waals surface area (Å²) in [6.07, 6.45) is 0. The summed E-state index contributed by atoms with van der Waals surface area (Å²) in [4.78, 5) is 28.0. The average molecular weight is 381 g/mol. The number of hydrogen-bond donors (Lipinski definition) is 1. The van der Waals surface area contributed by atoms with E-state index in [-0.39, 0.29) is 18.4 Å². The van der Waals surface area contributed by atoms with Crippen LogP contribution in [0.25, 0.3) is 0 Å². The van der Waals surface area contributed by atoms with Gasteiger partial charge in [-0.3, -0.25) is 9.59 Å². The zero-order valence-electron chi connectivity index (χ0n) is 16.7. The SMILES string of the molecule is CC(=O)Nc1ccccc1OCC(=O)N1CCN(c2cccc(C)c2C)CC1. The van der Waals surface area contributed by atoms with Gasteiger partial charge in [-0.2, -0.15) is 0 Å². The van der Waals surface area contributed by atoms with Crippen LogP contribution in [0, 0.1) is 13.8 Å². The average Bonchev–Trinajstić information content (AvgIpc) is 2.69. The first-order valence-electron chi connectivity index (χ1n) is 9.54. The van der Waals surface area contributed by atoms with Crippen molar-refractivity contribution < 1.29 is 14.3 Å². The van der Waals surface area contributed by atoms with E-state index in [0.29, 0.717) is 24.5 Å². The summed E-state index contributed by atoms with van der Waals surface area (Å²) < 4.78 is 5.68. The smallest absolute Gasteiger partial charge is 0.260 e. The highest BCUT2D eigenvalue weighted by molar-refractivity contribution is 5.90. The van der Waals surface area contributed by atoms with Gasteiger partial charge in [-0.05, 0) is 43.2 Å². The molecule has 6 nitrogen and oxygen atoms in total. The van der Waals surface area contributed by atoms with Crippen molar-refractivity contribution in [2.75, 3.05) is 43.0 Å². The summed E-state index contributed by atoms with van der Waals surface area (Å²) in [5.74, 6) is 0.281. The fourth-order valence-electron chi connectivity index (χ4n) is 3.39. The minimum Gasteiger partial charge on any atom is -0.482 e. The Morgan fingerprint density at radius 1 is 1.00 bits per heavy atom. The maximum absolute atomic E-state index is 12.6. The summed E-state index contributed by atoms with van der Waals surface area (Å²) in [7, 11) is 0. The zero-order valence-corrected chi connectivity index (χ0v) is 16.7. The molecule has 2 aromatic carbocycles. The molecule has 2 aromatic rings. The topological polar surface area (TPSA) is 61.9 Å². The number of carbonyl (C=O) groups is 2. The highest BCUT2D eigenvalue weighted by Crippen LogP contribution is 2.25. The largest absolute Gasteiger partial charge is 0.482 e. The molecule has 0 radical (unpaired) electrons. The van der Waals surface area contributed by atoms with Crippen LogP contribution in [-0.4, -0.2) is 49.5 Å². The first kappa shape index (κ1) is 19.7. The number of aryl methyl sites for hydroxylation is 1. The van der Waals surface area contributed by atoms with E-state index in [2.05, 4.69) is 42.3 Å². The predicted molar refractivity (Wildman–Crippen MR) is 111 cm³/mol. The van der Waals surface area contributed by atoms with E-state index < -0.39 is 0 Å². The Balaban J connectivity index is 1.55. The molecule has 0 spiro atoms. The molecule has 148 valence electrons. The van der Waals surface area contributed by atoms with E-state index in [1.165, 1.54) is 23.7 Å². The summed E-state index contributed by atoms with van der Waals surface area (Å²) in [5, 5.41) is 2.71. The molecule has 6 heteroatoms. The number of carbonyl (C=O) groups excluding carboxylic acids is 2. The second-order valence-corrected chi connectivity index (χ2v) is 7.05. The summed E-state index contributed by atoms with van der Waals surface area (Å²) in [6.45, 7) is 8.61. The quantitative estimate of drug-likeness (QED) is 0.865. The summed E-state index contributed by atoms with van der Waals surface area (Å²) in [6, 6.07) is 13.5. The molecule has 28 heavy (non-hydrogen) atoms. The van der Waals surface area contributed by atoms with Gasteiger partial charge in [-0.1, -0.05) is 24.3 Å². The van der Waals surface area contributed by atoms with Crippen molar-refractivity contribution in [2.45, 2.75) is 20.8 Å². The normalized spacial score (nSPS) is 14.0. The second kappa shape index (κ2) is 8.78. The van der Waals surface area contributed by atoms with Crippen LogP contribution in [0.3, 0.4) is 0 Å². The molecular formula is C22H27N3O3. The van der Waals surface area contributed by atoms with E-state index in [0.717, 1.165) is 13.1 Å². The maximum atomic E-state index is 12.6. The highest BCUT2D eigenvalue weighted by Gasteiger charge is 2.22. The Labute approximate surface area is 166 Å². The fraction of sp³-hybridized carbons (Fsp3) is 0.364. The van der Waals surface area contributed by atoms with Gasteiger partial charge in [-0.15, -0.1) is 0 Å². The Bertz CT molecular complexity index is 858. The van der Waals surface area contributed by atoms with Crippen molar-refractivity contribution in [1.82, 2.24) is 4.90 Å². The van der Waals surface area contributed by atoms with Crippen molar-refractivity contribution in [3.8, 4) is 5.75 Å². The predicted octanol–water partition coefficient (Wildman–Crippen LogP) is 2.99. The van der Waals surface area contributed by atoms with E-state index in [1.54, 1.807) is 12.1 Å². The lowest BCUT2D eigenvalue weighted by atomic mass is 10.1. The van der Waals surface area contributed by atoms with Gasteiger partial charge < -0.3 is 19.9 Å². The van der Waals surface area contributed by atoms with Crippen LogP contribution < -0.4 is 15.0 Å². The van der Waals surface area contributed by atoms with Crippen LogP contribution in [-0.2, 0) is 9.59 Å². The number of nitrogens with one attached hydrogen (secondary N) is 1. The van der Waals surface area contributed by atoms with E-state index in [4.69, 9.17) is 4.74 Å². The molecule has 1 aliphatic rings. The molecule has 0 aliphatic carbocycles. The number of para-hydroxylation sites is 2. The van der Waals surface area contributed by atoms with Gasteiger partial charge in [0.15, 0.2) is 6.61 Å². The van der Waals surface area contributed by atoms with Gasteiger partial charge in [0.05, 0.1) is 5.69 Å². The molecule has 0 atom stereocenters. The number of amides is 2. The molecule has 1 aliphatic heterocycles. The molecule has 1 fully saturated rings. The van der Waals surface area contributed by atoms with Crippen LogP contribution in [0.1, 0.15) is 18.1 Å². The van der Waals surface area contributed by atoms with Crippen LogP contribution in [0.4, 0.5) is 11.4 Å². The van der Waals surface area contributed by atoms with Crippen LogP contribution in [0.5, 0.6) is 5.75 Å². The van der Waals surface area contributed by atoms with Gasteiger partial charge in [0.25, 0.3) is 5.91 Å². The van der Waals surface area contributed by atoms with Crippen molar-refractivity contribution in [3.63, 3.8) is 0 Å². The minimum absolute atomic E-state index is 0.0416. The van der Waals surface area contributed by atoms with E-state index >= 15 is 0 Å². The van der Waals surface area contributed by atoms with E-state index in [9.17, 15) is 9.59 Å². The minimum atomic E-state index is -0.176. The van der Waals surface area contributed by atoms with Crippen molar-refractivity contribution in [1.29, 1.82) is 0 Å². The van der Waals surface area contributed by atoms with Crippen LogP contribution in [0.2, 0.25) is 0 Å². The number of nitrogens with zero attached hydrogens (tertiary/aromatic N) is 2. The first-order chi connectivity index (χ1) is 13.5. The van der Waals surface area contributed by atoms with Crippen molar-refractivity contribution in [2.24, 2.45) is 0 Å². The third-order valence-corrected chi connectivity index (χ3v) is 5.10. The molecular weight excluding hydrogens is 354 g/mol. The summed E-state index contributed by atoms with van der Waals surface area (Å²) >= 11 is 0. The number of ether oxygens (including phenoxy) is 1. The Morgan fingerprint density at radius 2 is 1.71 bits per heavy atom. The third kappa shape index (κ3) is 4.63. The monoisotopic (exact) mass is 381 g/mol. The number of piperazine rings is 1. The number of anilines is 2. The number of rotatable bonds is 5. The highest BCUT2D eigenvalue weighted by atomic mass is 16.5. The molecule has 1 N–H and O–H groups in total. The molecule has 1 heterocycles. The first-order valence-corrected chi connectivity index (χ1v) is 9.54. The standard InChI is InChI=1S/C22H27N3O3/c1-16-7-6-9-20(17(16)2)24-11-13-25(14-12-24)22(27)15-28-21-10-5-4-8-19(21)23-18(3)26/h4-10H,11-15H2,1-3H3,(H,23,26). The molecule has 3 rings (SSSR count). The van der Waals surface area contributed by atoms with Crippen molar-refractivity contribution >= 4 is 23.2 Å².